The van der Waals surface area contributed by atoms with E-state index in [9.17, 15) is 34.8 Å². The van der Waals surface area contributed by atoms with Gasteiger partial charge in [0, 0.05) is 39.0 Å². The van der Waals surface area contributed by atoms with E-state index in [1.54, 1.807) is 34.6 Å². The van der Waals surface area contributed by atoms with E-state index in [0.29, 0.717) is 52.4 Å². The summed E-state index contributed by atoms with van der Waals surface area (Å²) < 4.78 is 24.3. The first-order chi connectivity index (χ1) is 37.0. The third-order valence-electron chi connectivity index (χ3n) is 18.3. The van der Waals surface area contributed by atoms with Crippen molar-refractivity contribution in [1.82, 2.24) is 0 Å². The molecule has 1 saturated heterocycles. The summed E-state index contributed by atoms with van der Waals surface area (Å²) >= 11 is 0. The molecule has 4 aliphatic heterocycles. The molecule has 4 N–H and O–H groups in total. The molecule has 11 heteroatoms. The molecule has 3 aromatic carbocycles. The van der Waals surface area contributed by atoms with Gasteiger partial charge in [0.25, 0.3) is 0 Å². The monoisotopic (exact) mass is 1120 g/mol. The van der Waals surface area contributed by atoms with E-state index in [4.69, 9.17) is 18.9 Å². The normalized spacial score (nSPS) is 20.2. The summed E-state index contributed by atoms with van der Waals surface area (Å²) in [5.74, 6) is 4.36. The number of benzene rings is 3. The van der Waals surface area contributed by atoms with Gasteiger partial charge in [-0.3, -0.25) is 14.4 Å². The van der Waals surface area contributed by atoms with Gasteiger partial charge in [0.15, 0.2) is 17.3 Å². The molecule has 0 spiro atoms. The lowest BCUT2D eigenvalue weighted by Crippen LogP contribution is -2.40. The van der Waals surface area contributed by atoms with Gasteiger partial charge in [0.05, 0.1) is 11.2 Å². The number of hydrogen-bond donors (Lipinski definition) is 4. The highest BCUT2D eigenvalue weighted by atomic mass is 16.5. The summed E-state index contributed by atoms with van der Waals surface area (Å²) in [6, 6.07) is 0. The summed E-state index contributed by atoms with van der Waals surface area (Å²) in [5.41, 5.74) is 17.6. The van der Waals surface area contributed by atoms with Gasteiger partial charge >= 0.3 is 0 Å². The summed E-state index contributed by atoms with van der Waals surface area (Å²) in [7, 11) is 0. The minimum atomic E-state index is -0.819. The van der Waals surface area contributed by atoms with Crippen molar-refractivity contribution < 1.29 is 53.8 Å². The molecule has 81 heavy (non-hydrogen) atoms. The Morgan fingerprint density at radius 2 is 0.741 bits per heavy atom. The van der Waals surface area contributed by atoms with Gasteiger partial charge in [-0.15, -0.1) is 0 Å². The second-order valence-electron chi connectivity index (χ2n) is 27.0. The first-order valence-corrected chi connectivity index (χ1v) is 29.3. The third kappa shape index (κ3) is 14.4. The lowest BCUT2D eigenvalue weighted by atomic mass is 9.79. The second kappa shape index (κ2) is 24.3. The highest BCUT2D eigenvalue weighted by Crippen LogP contribution is 2.46. The number of fused-ring (bicyclic) bond motifs is 4. The number of ketones is 3. The molecule has 1 unspecified atom stereocenters. The standard InChI is InChI=1S/C14H20O3.4C14H20O2/c1-8-9(2)13(16)11(10(3)12(8)15)6-7-14(4,5)17;4*1-8-9(2)13-11(10(3)12(8)15)6-7-14(4,5)16-13/h17H,6-7H2,1-5H3;3*15H,6-7H2,1-5H3;13H,6-7H2,1-5H3. The van der Waals surface area contributed by atoms with E-state index < -0.39 is 5.60 Å². The minimum absolute atomic E-state index is 0.0430. The van der Waals surface area contributed by atoms with Crippen LogP contribution in [0.2, 0.25) is 0 Å². The van der Waals surface area contributed by atoms with E-state index in [1.165, 1.54) is 22.3 Å². The predicted octanol–water partition coefficient (Wildman–Crippen LogP) is 15.8. The Morgan fingerprint density at radius 1 is 0.420 bits per heavy atom. The van der Waals surface area contributed by atoms with Crippen LogP contribution in [-0.4, -0.2) is 71.9 Å². The van der Waals surface area contributed by atoms with Crippen molar-refractivity contribution >= 4 is 17.3 Å². The van der Waals surface area contributed by atoms with Gasteiger partial charge in [0.1, 0.15) is 57.4 Å². The van der Waals surface area contributed by atoms with Crippen LogP contribution in [-0.2, 0) is 38.4 Å². The first kappa shape index (κ1) is 66.2. The SMILES string of the molecule is CC1=C(C)C(=O)C(CCC(C)(C)O)=C(C)C1=O.CC1=C(C)C2OC(C)(C)CCC2=C(C)C1=O.Cc1c(C)c2c(c(C)c1O)CCC(C)(C)O2.Cc1c(C)c2c(c(C)c1O)CCC(C)(C)O2.Cc1c(C)c2c(c(C)c1O)CCC(C)(C)O2. The maximum atomic E-state index is 12.1. The largest absolute Gasteiger partial charge is 0.507 e. The Morgan fingerprint density at radius 3 is 1.09 bits per heavy atom. The lowest BCUT2D eigenvalue weighted by molar-refractivity contribution is -0.116. The van der Waals surface area contributed by atoms with E-state index in [2.05, 4.69) is 55.4 Å². The molecule has 1 fully saturated rings. The van der Waals surface area contributed by atoms with E-state index in [0.717, 1.165) is 135 Å². The quantitative estimate of drug-likeness (QED) is 0.184. The highest BCUT2D eigenvalue weighted by Gasteiger charge is 2.39. The fraction of sp³-hybridized carbons (Fsp3) is 0.586. The number of Topliss-reactive ketones (excluding diaryl/α,β-unsaturated/α-hetero) is 3. The maximum absolute atomic E-state index is 12.1. The molecule has 0 saturated carbocycles. The van der Waals surface area contributed by atoms with Gasteiger partial charge in [-0.1, -0.05) is 0 Å². The van der Waals surface area contributed by atoms with Crippen LogP contribution in [0.5, 0.6) is 34.5 Å². The lowest BCUT2D eigenvalue weighted by Gasteiger charge is -2.41. The van der Waals surface area contributed by atoms with Crippen molar-refractivity contribution in [2.24, 2.45) is 0 Å². The summed E-state index contributed by atoms with van der Waals surface area (Å²) in [4.78, 5) is 35.9. The van der Waals surface area contributed by atoms with Crippen LogP contribution in [0.1, 0.15) is 222 Å². The summed E-state index contributed by atoms with van der Waals surface area (Å²) in [5, 5.41) is 39.7. The van der Waals surface area contributed by atoms with Crippen LogP contribution in [0, 0.1) is 62.3 Å². The molecule has 2 aliphatic carbocycles. The van der Waals surface area contributed by atoms with Crippen molar-refractivity contribution in [3.8, 4) is 34.5 Å². The van der Waals surface area contributed by atoms with E-state index in [-0.39, 0.29) is 45.9 Å². The Hall–Kier alpha value is -5.65. The topological polar surface area (TPSA) is 169 Å². The average molecular weight is 1120 g/mol. The average Bonchev–Trinajstić information content (AvgIpc) is 3.58. The van der Waals surface area contributed by atoms with Crippen molar-refractivity contribution in [3.05, 3.63) is 111 Å². The zero-order valence-electron chi connectivity index (χ0n) is 54.3. The molecule has 9 rings (SSSR count). The zero-order chi connectivity index (χ0) is 61.7. The maximum Gasteiger partial charge on any atom is 0.185 e. The minimum Gasteiger partial charge on any atom is -0.507 e. The molecule has 1 atom stereocenters. The number of aliphatic hydroxyl groups is 1. The van der Waals surface area contributed by atoms with Crippen molar-refractivity contribution in [3.63, 3.8) is 0 Å². The fourth-order valence-electron chi connectivity index (χ4n) is 11.5. The number of allylic oxidation sites excluding steroid dienone is 6. The van der Waals surface area contributed by atoms with Crippen LogP contribution in [0.4, 0.5) is 0 Å². The molecule has 0 radical (unpaired) electrons. The number of phenolic OH excluding ortho intramolecular Hbond substituents is 3. The number of aromatic hydroxyl groups is 3. The molecule has 0 aromatic heterocycles. The van der Waals surface area contributed by atoms with Crippen molar-refractivity contribution in [2.75, 3.05) is 0 Å². The van der Waals surface area contributed by atoms with E-state index in [1.807, 2.05) is 83.1 Å². The number of rotatable bonds is 3. The number of hydrogen-bond acceptors (Lipinski definition) is 11. The highest BCUT2D eigenvalue weighted by molar-refractivity contribution is 6.24. The van der Waals surface area contributed by atoms with Gasteiger partial charge < -0.3 is 39.4 Å². The molecular formula is C70H100O11. The predicted molar refractivity (Wildman–Crippen MR) is 327 cm³/mol. The molecule has 446 valence electrons. The Labute approximate surface area is 486 Å². The van der Waals surface area contributed by atoms with Crippen LogP contribution in [0.25, 0.3) is 0 Å². The third-order valence-corrected chi connectivity index (χ3v) is 18.3. The Bertz CT molecular complexity index is 2950. The number of carbonyl (C=O) groups excluding carboxylic acids is 3. The zero-order valence-corrected chi connectivity index (χ0v) is 54.3. The van der Waals surface area contributed by atoms with Gasteiger partial charge in [-0.05, 0) is 310 Å². The van der Waals surface area contributed by atoms with Crippen LogP contribution >= 0.6 is 0 Å². The van der Waals surface area contributed by atoms with Crippen LogP contribution in [0.15, 0.2) is 44.6 Å². The van der Waals surface area contributed by atoms with Gasteiger partial charge in [0.2, 0.25) is 0 Å². The van der Waals surface area contributed by atoms with E-state index >= 15 is 0 Å². The fourth-order valence-corrected chi connectivity index (χ4v) is 11.5. The molecule has 4 heterocycles. The molecular weight excluding hydrogens is 1020 g/mol. The Kier molecular flexibility index (Phi) is 19.8. The second-order valence-corrected chi connectivity index (χ2v) is 27.0. The van der Waals surface area contributed by atoms with Crippen molar-refractivity contribution in [1.29, 1.82) is 0 Å². The summed E-state index contributed by atoms with van der Waals surface area (Å²) in [6.45, 7) is 49.1. The number of ether oxygens (including phenoxy) is 4. The molecule has 0 amide bonds. The molecule has 3 aromatic rings. The van der Waals surface area contributed by atoms with Crippen molar-refractivity contribution in [2.45, 2.75) is 271 Å². The van der Waals surface area contributed by atoms with Crippen LogP contribution in [0.3, 0.4) is 0 Å². The van der Waals surface area contributed by atoms with Gasteiger partial charge in [-0.25, -0.2) is 0 Å². The summed E-state index contributed by atoms with van der Waals surface area (Å²) in [6.07, 6.45) is 8.93. The first-order valence-electron chi connectivity index (χ1n) is 29.3. The molecule has 0 bridgehead atoms. The van der Waals surface area contributed by atoms with Crippen LogP contribution < -0.4 is 14.2 Å². The molecule has 6 aliphatic rings. The smallest absolute Gasteiger partial charge is 0.185 e. The molecule has 11 nitrogen and oxygen atoms in total. The number of carbonyl (C=O) groups is 3. The number of phenols is 3. The van der Waals surface area contributed by atoms with Gasteiger partial charge in [-0.2, -0.15) is 0 Å². The Balaban J connectivity index is 0.000000186.